The molecule has 2 heterocycles. The van der Waals surface area contributed by atoms with Crippen LogP contribution in [-0.4, -0.2) is 32.9 Å². The smallest absolute Gasteiger partial charge is 0.356 e. The molecule has 0 spiro atoms. The highest BCUT2D eigenvalue weighted by Crippen LogP contribution is 2.48. The molecule has 0 bridgehead atoms. The molecule has 36 heavy (non-hydrogen) atoms. The van der Waals surface area contributed by atoms with Crippen molar-refractivity contribution in [2.75, 3.05) is 20.8 Å². The molecule has 0 aromatic heterocycles. The third kappa shape index (κ3) is 3.99. The number of fused-ring (bicyclic) bond motifs is 2. The molecule has 2 N–H and O–H groups in total. The lowest BCUT2D eigenvalue weighted by Crippen LogP contribution is -2.39. The lowest BCUT2D eigenvalue weighted by molar-refractivity contribution is -0.144. The van der Waals surface area contributed by atoms with E-state index in [4.69, 9.17) is 34.2 Å². The van der Waals surface area contributed by atoms with Crippen molar-refractivity contribution in [1.29, 1.82) is 5.26 Å². The molecule has 2 aliphatic rings. The first kappa shape index (κ1) is 22.9. The maximum Gasteiger partial charge on any atom is 0.356 e. The van der Waals surface area contributed by atoms with Crippen molar-refractivity contribution in [1.82, 2.24) is 0 Å². The number of rotatable bonds is 5. The van der Waals surface area contributed by atoms with Gasteiger partial charge in [-0.25, -0.2) is 4.79 Å². The zero-order chi connectivity index (χ0) is 25.2. The second kappa shape index (κ2) is 9.43. The Morgan fingerprint density at radius 3 is 2.56 bits per heavy atom. The number of para-hydroxylation sites is 3. The minimum Gasteiger partial charge on any atom is -0.493 e. The number of allylic oxidation sites excluding steroid dienone is 1. The van der Waals surface area contributed by atoms with Gasteiger partial charge in [-0.05, 0) is 24.3 Å². The van der Waals surface area contributed by atoms with Crippen molar-refractivity contribution in [3.8, 4) is 40.6 Å². The van der Waals surface area contributed by atoms with Gasteiger partial charge in [-0.15, -0.1) is 0 Å². The standard InChI is InChI=1S/C27H22N2O7/c1-31-21-9-5-6-17(25(21)32-2)24-16-11-10-15(12-22(16)36-26(29)18(24)13-28)34-27(30)23-14-33-19-7-3-4-8-20(19)35-23/h3-12,23-24H,14,29H2,1-2H3. The van der Waals surface area contributed by atoms with Gasteiger partial charge in [0.15, 0.2) is 23.0 Å². The first-order valence-electron chi connectivity index (χ1n) is 11.1. The van der Waals surface area contributed by atoms with E-state index in [1.165, 1.54) is 14.2 Å². The van der Waals surface area contributed by atoms with E-state index >= 15 is 0 Å². The Hall–Kier alpha value is -4.84. The van der Waals surface area contributed by atoms with Gasteiger partial charge in [0, 0.05) is 17.2 Å². The predicted octanol–water partition coefficient (Wildman–Crippen LogP) is 3.67. The normalized spacial score (nSPS) is 17.8. The van der Waals surface area contributed by atoms with Crippen LogP contribution in [0.4, 0.5) is 0 Å². The van der Waals surface area contributed by atoms with Crippen molar-refractivity contribution >= 4 is 5.97 Å². The van der Waals surface area contributed by atoms with Crippen LogP contribution in [0.5, 0.6) is 34.5 Å². The molecule has 0 saturated carbocycles. The molecule has 0 fully saturated rings. The first-order chi connectivity index (χ1) is 17.5. The van der Waals surface area contributed by atoms with Crippen molar-refractivity contribution in [2.24, 2.45) is 5.73 Å². The van der Waals surface area contributed by atoms with E-state index in [1.54, 1.807) is 48.5 Å². The van der Waals surface area contributed by atoms with Gasteiger partial charge in [-0.2, -0.15) is 5.26 Å². The predicted molar refractivity (Wildman–Crippen MR) is 127 cm³/mol. The van der Waals surface area contributed by atoms with Gasteiger partial charge in [0.1, 0.15) is 29.7 Å². The fourth-order valence-electron chi connectivity index (χ4n) is 4.28. The summed E-state index contributed by atoms with van der Waals surface area (Å²) in [6, 6.07) is 19.5. The SMILES string of the molecule is COc1cccc(C2C(C#N)=C(N)Oc3cc(OC(=O)C4COc5ccccc5O4)ccc32)c1OC. The molecule has 0 aliphatic carbocycles. The van der Waals surface area contributed by atoms with Gasteiger partial charge in [-0.1, -0.05) is 30.3 Å². The molecule has 5 rings (SSSR count). The van der Waals surface area contributed by atoms with Gasteiger partial charge in [0.05, 0.1) is 20.1 Å². The first-order valence-corrected chi connectivity index (χ1v) is 11.1. The van der Waals surface area contributed by atoms with Crippen molar-refractivity contribution in [3.63, 3.8) is 0 Å². The molecule has 0 saturated heterocycles. The van der Waals surface area contributed by atoms with Crippen LogP contribution in [0, 0.1) is 11.3 Å². The van der Waals surface area contributed by atoms with Gasteiger partial charge in [-0.3, -0.25) is 0 Å². The highest BCUT2D eigenvalue weighted by Gasteiger charge is 2.34. The molecule has 9 nitrogen and oxygen atoms in total. The topological polar surface area (TPSA) is 122 Å². The third-order valence-electron chi connectivity index (χ3n) is 5.92. The maximum absolute atomic E-state index is 12.8. The average molecular weight is 486 g/mol. The van der Waals surface area contributed by atoms with Crippen molar-refractivity contribution in [2.45, 2.75) is 12.0 Å². The second-order valence-corrected chi connectivity index (χ2v) is 7.99. The Bertz CT molecular complexity index is 1410. The fraction of sp³-hybridized carbons (Fsp3) is 0.185. The number of methoxy groups -OCH3 is 2. The fourth-order valence-corrected chi connectivity index (χ4v) is 4.28. The van der Waals surface area contributed by atoms with E-state index in [2.05, 4.69) is 6.07 Å². The van der Waals surface area contributed by atoms with Crippen molar-refractivity contribution in [3.05, 3.63) is 83.2 Å². The van der Waals surface area contributed by atoms with Crippen LogP contribution in [0.3, 0.4) is 0 Å². The van der Waals surface area contributed by atoms with E-state index in [0.29, 0.717) is 39.9 Å². The lowest BCUT2D eigenvalue weighted by atomic mass is 9.83. The minimum absolute atomic E-state index is 0.0240. The molecule has 0 amide bonds. The summed E-state index contributed by atoms with van der Waals surface area (Å²) in [6.45, 7) is 0.0240. The summed E-state index contributed by atoms with van der Waals surface area (Å²) in [4.78, 5) is 12.8. The quantitative estimate of drug-likeness (QED) is 0.425. The molecular weight excluding hydrogens is 464 g/mol. The van der Waals surface area contributed by atoms with Crippen LogP contribution in [0.2, 0.25) is 0 Å². The van der Waals surface area contributed by atoms with Crippen LogP contribution in [0.15, 0.2) is 72.1 Å². The summed E-state index contributed by atoms with van der Waals surface area (Å²) in [5.41, 5.74) is 7.68. The van der Waals surface area contributed by atoms with E-state index < -0.39 is 18.0 Å². The molecule has 2 unspecified atom stereocenters. The largest absolute Gasteiger partial charge is 0.493 e. The van der Waals surface area contributed by atoms with Crippen LogP contribution in [0.1, 0.15) is 17.0 Å². The summed E-state index contributed by atoms with van der Waals surface area (Å²) in [5, 5.41) is 9.86. The summed E-state index contributed by atoms with van der Waals surface area (Å²) in [7, 11) is 3.06. The maximum atomic E-state index is 12.8. The second-order valence-electron chi connectivity index (χ2n) is 7.99. The number of nitrogens with zero attached hydrogens (tertiary/aromatic N) is 1. The highest BCUT2D eigenvalue weighted by molar-refractivity contribution is 5.78. The lowest BCUT2D eigenvalue weighted by Gasteiger charge is -2.28. The molecule has 182 valence electrons. The van der Waals surface area contributed by atoms with E-state index in [-0.39, 0.29) is 23.8 Å². The summed E-state index contributed by atoms with van der Waals surface area (Å²) < 4.78 is 33.7. The van der Waals surface area contributed by atoms with E-state index in [1.807, 2.05) is 12.1 Å². The number of hydrogen-bond acceptors (Lipinski definition) is 9. The number of ether oxygens (including phenoxy) is 6. The Morgan fingerprint density at radius 1 is 1.00 bits per heavy atom. The molecule has 3 aromatic carbocycles. The van der Waals surface area contributed by atoms with Gasteiger partial charge < -0.3 is 34.2 Å². The van der Waals surface area contributed by atoms with E-state index in [0.717, 1.165) is 0 Å². The van der Waals surface area contributed by atoms with Gasteiger partial charge >= 0.3 is 5.97 Å². The molecule has 3 aromatic rings. The third-order valence-corrected chi connectivity index (χ3v) is 5.92. The molecule has 0 radical (unpaired) electrons. The number of nitrogens with two attached hydrogens (primary N) is 1. The van der Waals surface area contributed by atoms with Crippen molar-refractivity contribution < 1.29 is 33.2 Å². The average Bonchev–Trinajstić information content (AvgIpc) is 2.91. The summed E-state index contributed by atoms with van der Waals surface area (Å²) in [5.74, 6) is 1.35. The number of carbonyl (C=O) groups excluding carboxylic acids is 1. The Morgan fingerprint density at radius 2 is 1.81 bits per heavy atom. The zero-order valence-corrected chi connectivity index (χ0v) is 19.5. The van der Waals surface area contributed by atoms with Gasteiger partial charge in [0.2, 0.25) is 12.0 Å². The highest BCUT2D eigenvalue weighted by atomic mass is 16.6. The molecular formula is C27H22N2O7. The van der Waals surface area contributed by atoms with Crippen LogP contribution in [-0.2, 0) is 4.79 Å². The molecule has 2 aliphatic heterocycles. The van der Waals surface area contributed by atoms with E-state index in [9.17, 15) is 10.1 Å². The number of nitriles is 1. The Kier molecular flexibility index (Phi) is 6.00. The number of benzene rings is 3. The Labute approximate surface area is 207 Å². The monoisotopic (exact) mass is 486 g/mol. The Balaban J connectivity index is 1.45. The van der Waals surface area contributed by atoms with Gasteiger partial charge in [0.25, 0.3) is 0 Å². The molecule has 2 atom stereocenters. The van der Waals surface area contributed by atoms with Crippen LogP contribution in [0.25, 0.3) is 0 Å². The molecule has 9 heteroatoms. The summed E-state index contributed by atoms with van der Waals surface area (Å²) >= 11 is 0. The zero-order valence-electron chi connectivity index (χ0n) is 19.5. The van der Waals surface area contributed by atoms with Crippen LogP contribution >= 0.6 is 0 Å². The summed E-state index contributed by atoms with van der Waals surface area (Å²) in [6.07, 6.45) is -0.930. The number of hydrogen-bond donors (Lipinski definition) is 1. The minimum atomic E-state index is -0.930. The number of esters is 1. The van der Waals surface area contributed by atoms with Crippen LogP contribution < -0.4 is 34.2 Å². The number of carbonyl (C=O) groups is 1.